The number of anilines is 3. The Hall–Kier alpha value is -4.66. The third-order valence-electron chi connectivity index (χ3n) is 7.62. The first-order valence-corrected chi connectivity index (χ1v) is 13.8. The molecule has 1 nitrogen and oxygen atoms in total. The van der Waals surface area contributed by atoms with E-state index in [1.165, 1.54) is 58.5 Å². The molecule has 0 saturated heterocycles. The first-order chi connectivity index (χ1) is 18.9. The van der Waals surface area contributed by atoms with E-state index in [0.717, 1.165) is 11.4 Å². The standard InChI is InChI=1S/C36H23NS/c1-3-10-24(11-4-1)25-18-20-27(21-19-25)37(26-12-5-2-6-13-26)31-22-23-33-36-34(31)29-15-8-7-14-28(29)30-16-9-17-32(38-33)35(30)36/h1-23H. The number of rotatable bonds is 4. The molecule has 0 aliphatic carbocycles. The van der Waals surface area contributed by atoms with Crippen molar-refractivity contribution in [1.29, 1.82) is 0 Å². The van der Waals surface area contributed by atoms with Crippen LogP contribution >= 0.6 is 11.3 Å². The molecule has 0 aliphatic heterocycles. The van der Waals surface area contributed by atoms with Gasteiger partial charge in [0.15, 0.2) is 0 Å². The zero-order chi connectivity index (χ0) is 25.1. The maximum absolute atomic E-state index is 2.41. The van der Waals surface area contributed by atoms with E-state index in [2.05, 4.69) is 144 Å². The van der Waals surface area contributed by atoms with Crippen molar-refractivity contribution in [3.05, 3.63) is 140 Å². The Balaban J connectivity index is 1.44. The van der Waals surface area contributed by atoms with E-state index in [9.17, 15) is 0 Å². The van der Waals surface area contributed by atoms with Crippen LogP contribution < -0.4 is 4.90 Å². The largest absolute Gasteiger partial charge is 0.310 e. The molecule has 38 heavy (non-hydrogen) atoms. The SMILES string of the molecule is c1ccc(-c2ccc(N(c3ccccc3)c3ccc4sc5cccc6c7ccccc7c3c4c56)cc2)cc1. The average molecular weight is 502 g/mol. The lowest BCUT2D eigenvalue weighted by Crippen LogP contribution is -2.10. The van der Waals surface area contributed by atoms with Crippen LogP contribution in [0.5, 0.6) is 0 Å². The monoisotopic (exact) mass is 501 g/mol. The van der Waals surface area contributed by atoms with Crippen molar-refractivity contribution in [3.63, 3.8) is 0 Å². The van der Waals surface area contributed by atoms with Gasteiger partial charge in [-0.1, -0.05) is 97.1 Å². The molecule has 0 atom stereocenters. The molecule has 0 amide bonds. The summed E-state index contributed by atoms with van der Waals surface area (Å²) in [4.78, 5) is 2.41. The fourth-order valence-corrected chi connectivity index (χ4v) is 7.10. The molecule has 2 heteroatoms. The second-order valence-corrected chi connectivity index (χ2v) is 10.8. The van der Waals surface area contributed by atoms with Crippen molar-refractivity contribution in [2.75, 3.05) is 4.90 Å². The lowest BCUT2D eigenvalue weighted by Gasteiger charge is -2.28. The van der Waals surface area contributed by atoms with E-state index in [0.29, 0.717) is 0 Å². The molecule has 1 heterocycles. The van der Waals surface area contributed by atoms with E-state index < -0.39 is 0 Å². The molecule has 0 unspecified atom stereocenters. The quantitative estimate of drug-likeness (QED) is 0.217. The van der Waals surface area contributed by atoms with Crippen molar-refractivity contribution in [2.45, 2.75) is 0 Å². The van der Waals surface area contributed by atoms with Gasteiger partial charge in [0, 0.05) is 36.9 Å². The molecule has 0 N–H and O–H groups in total. The van der Waals surface area contributed by atoms with Crippen LogP contribution in [0.25, 0.3) is 52.8 Å². The van der Waals surface area contributed by atoms with E-state index >= 15 is 0 Å². The predicted molar refractivity (Wildman–Crippen MR) is 166 cm³/mol. The molecular formula is C36H23NS. The molecule has 178 valence electrons. The first kappa shape index (κ1) is 21.4. The van der Waals surface area contributed by atoms with E-state index in [4.69, 9.17) is 0 Å². The summed E-state index contributed by atoms with van der Waals surface area (Å²) in [6, 6.07) is 50.5. The summed E-state index contributed by atoms with van der Waals surface area (Å²) in [6.45, 7) is 0. The van der Waals surface area contributed by atoms with Crippen LogP contribution in [0.15, 0.2) is 140 Å². The van der Waals surface area contributed by atoms with Crippen molar-refractivity contribution in [2.24, 2.45) is 0 Å². The number of hydrogen-bond donors (Lipinski definition) is 0. The van der Waals surface area contributed by atoms with Gasteiger partial charge in [-0.15, -0.1) is 11.3 Å². The Morgan fingerprint density at radius 3 is 1.74 bits per heavy atom. The van der Waals surface area contributed by atoms with Gasteiger partial charge in [0.2, 0.25) is 0 Å². The molecule has 0 spiro atoms. The Bertz CT molecular complexity index is 2060. The Labute approximate surface area is 225 Å². The minimum Gasteiger partial charge on any atom is -0.310 e. The second-order valence-electron chi connectivity index (χ2n) is 9.74. The van der Waals surface area contributed by atoms with Crippen molar-refractivity contribution >= 4 is 70.1 Å². The fraction of sp³-hybridized carbons (Fsp3) is 0. The molecule has 0 fully saturated rings. The highest BCUT2D eigenvalue weighted by Gasteiger charge is 2.22. The number of para-hydroxylation sites is 1. The normalized spacial score (nSPS) is 11.7. The van der Waals surface area contributed by atoms with Crippen LogP contribution in [0.4, 0.5) is 17.1 Å². The number of hydrogen-bond acceptors (Lipinski definition) is 2. The zero-order valence-electron chi connectivity index (χ0n) is 20.6. The van der Waals surface area contributed by atoms with Crippen molar-refractivity contribution in [1.82, 2.24) is 0 Å². The Morgan fingerprint density at radius 2 is 0.947 bits per heavy atom. The summed E-state index contributed by atoms with van der Waals surface area (Å²) in [5, 5.41) is 8.03. The van der Waals surface area contributed by atoms with Crippen LogP contribution in [0.1, 0.15) is 0 Å². The minimum absolute atomic E-state index is 1.15. The van der Waals surface area contributed by atoms with Gasteiger partial charge < -0.3 is 4.90 Å². The third kappa shape index (κ3) is 3.17. The number of fused-ring (bicyclic) bond motifs is 3. The number of benzene rings is 7. The van der Waals surface area contributed by atoms with Gasteiger partial charge in [-0.2, -0.15) is 0 Å². The third-order valence-corrected chi connectivity index (χ3v) is 8.74. The summed E-state index contributed by atoms with van der Waals surface area (Å²) in [5.74, 6) is 0. The van der Waals surface area contributed by atoms with E-state index in [1.54, 1.807) is 0 Å². The molecule has 0 radical (unpaired) electrons. The van der Waals surface area contributed by atoms with Gasteiger partial charge in [0.1, 0.15) is 0 Å². The van der Waals surface area contributed by atoms with Gasteiger partial charge in [-0.25, -0.2) is 0 Å². The topological polar surface area (TPSA) is 3.24 Å². The van der Waals surface area contributed by atoms with Gasteiger partial charge in [-0.05, 0) is 69.8 Å². The molecule has 7 aromatic carbocycles. The van der Waals surface area contributed by atoms with Crippen LogP contribution in [0, 0.1) is 0 Å². The summed E-state index contributed by atoms with van der Waals surface area (Å²) in [5.41, 5.74) is 5.96. The lowest BCUT2D eigenvalue weighted by atomic mass is 9.93. The van der Waals surface area contributed by atoms with E-state index in [1.807, 2.05) is 11.3 Å². The Morgan fingerprint density at radius 1 is 0.368 bits per heavy atom. The van der Waals surface area contributed by atoms with Crippen LogP contribution in [-0.4, -0.2) is 0 Å². The highest BCUT2D eigenvalue weighted by atomic mass is 32.1. The smallest absolute Gasteiger partial charge is 0.0547 e. The number of nitrogens with zero attached hydrogens (tertiary/aromatic N) is 1. The maximum Gasteiger partial charge on any atom is 0.0547 e. The van der Waals surface area contributed by atoms with Crippen LogP contribution in [0.3, 0.4) is 0 Å². The van der Waals surface area contributed by atoms with Crippen molar-refractivity contribution < 1.29 is 0 Å². The predicted octanol–water partition coefficient (Wildman–Crippen LogP) is 10.9. The highest BCUT2D eigenvalue weighted by molar-refractivity contribution is 7.26. The second kappa shape index (κ2) is 8.44. The minimum atomic E-state index is 1.15. The van der Waals surface area contributed by atoms with Crippen molar-refractivity contribution in [3.8, 4) is 11.1 Å². The average Bonchev–Trinajstić information content (AvgIpc) is 3.38. The van der Waals surface area contributed by atoms with Gasteiger partial charge >= 0.3 is 0 Å². The number of thiophene rings is 1. The maximum atomic E-state index is 2.41. The van der Waals surface area contributed by atoms with E-state index in [-0.39, 0.29) is 0 Å². The van der Waals surface area contributed by atoms with Gasteiger partial charge in [-0.3, -0.25) is 0 Å². The zero-order valence-corrected chi connectivity index (χ0v) is 21.5. The van der Waals surface area contributed by atoms with Crippen LogP contribution in [0.2, 0.25) is 0 Å². The molecule has 1 aromatic heterocycles. The molecule has 8 aromatic rings. The highest BCUT2D eigenvalue weighted by Crippen LogP contribution is 2.50. The van der Waals surface area contributed by atoms with Crippen LogP contribution in [-0.2, 0) is 0 Å². The van der Waals surface area contributed by atoms with Gasteiger partial charge in [0.25, 0.3) is 0 Å². The fourth-order valence-electron chi connectivity index (χ4n) is 5.96. The molecular weight excluding hydrogens is 478 g/mol. The lowest BCUT2D eigenvalue weighted by molar-refractivity contribution is 1.30. The summed E-state index contributed by atoms with van der Waals surface area (Å²) in [6.07, 6.45) is 0. The summed E-state index contributed by atoms with van der Waals surface area (Å²) < 4.78 is 2.69. The molecule has 8 rings (SSSR count). The molecule has 0 aliphatic rings. The Kier molecular flexibility index (Phi) is 4.76. The summed E-state index contributed by atoms with van der Waals surface area (Å²) in [7, 11) is 0. The first-order valence-electron chi connectivity index (χ1n) is 13.0. The van der Waals surface area contributed by atoms with Gasteiger partial charge in [0.05, 0.1) is 5.69 Å². The molecule has 0 saturated carbocycles. The molecule has 0 bridgehead atoms. The summed E-state index contributed by atoms with van der Waals surface area (Å²) >= 11 is 1.89.